The van der Waals surface area contributed by atoms with Crippen LogP contribution in [0.1, 0.15) is 33.6 Å². The minimum Gasteiger partial charge on any atom is -0.444 e. The van der Waals surface area contributed by atoms with Gasteiger partial charge in [0.05, 0.1) is 10.2 Å². The van der Waals surface area contributed by atoms with E-state index in [9.17, 15) is 19.1 Å². The normalized spacial score (nSPS) is 19.1. The molecule has 0 radical (unpaired) electrons. The van der Waals surface area contributed by atoms with Crippen molar-refractivity contribution in [2.24, 2.45) is 0 Å². The molecule has 146 valence electrons. The van der Waals surface area contributed by atoms with Crippen LogP contribution in [-0.2, 0) is 15.5 Å². The number of rotatable bonds is 3. The van der Waals surface area contributed by atoms with E-state index in [0.29, 0.717) is 25.0 Å². The summed E-state index contributed by atoms with van der Waals surface area (Å²) < 4.78 is 23.8. The van der Waals surface area contributed by atoms with Gasteiger partial charge in [0.2, 0.25) is 0 Å². The molecular weight excluding hydrogens is 374 g/mol. The molecule has 1 amide bonds. The Morgan fingerprint density at radius 1 is 1.44 bits per heavy atom. The molecule has 0 unspecified atom stereocenters. The van der Waals surface area contributed by atoms with E-state index in [4.69, 9.17) is 9.15 Å². The monoisotopic (exact) mass is 395 g/mol. The Morgan fingerprint density at radius 2 is 2.19 bits per heavy atom. The van der Waals surface area contributed by atoms with Gasteiger partial charge < -0.3 is 14.1 Å². The average Bonchev–Trinajstić information content (AvgIpc) is 3.02. The van der Waals surface area contributed by atoms with Crippen molar-refractivity contribution in [3.05, 3.63) is 28.3 Å². The number of likely N-dealkylation sites (tertiary alicyclic amines) is 1. The van der Waals surface area contributed by atoms with Crippen molar-refractivity contribution >= 4 is 33.7 Å². The molecular formula is C17H21N3O6S. The number of nitro benzene ring substituents is 1. The molecule has 0 N–H and O–H groups in total. The Kier molecular flexibility index (Phi) is 5.18. The topological polar surface area (TPSA) is 116 Å². The van der Waals surface area contributed by atoms with Crippen LogP contribution in [0.2, 0.25) is 0 Å². The molecule has 2 heterocycles. The number of hydrogen-bond acceptors (Lipinski definition) is 7. The van der Waals surface area contributed by atoms with Crippen molar-refractivity contribution in [2.45, 2.75) is 49.7 Å². The van der Waals surface area contributed by atoms with E-state index in [1.807, 2.05) is 0 Å². The van der Waals surface area contributed by atoms with E-state index >= 15 is 0 Å². The summed E-state index contributed by atoms with van der Waals surface area (Å²) in [6, 6.07) is 4.04. The molecule has 0 bridgehead atoms. The second kappa shape index (κ2) is 7.26. The molecule has 2 atom stereocenters. The van der Waals surface area contributed by atoms with Gasteiger partial charge in [-0.25, -0.2) is 14.0 Å². The molecule has 1 aromatic carbocycles. The summed E-state index contributed by atoms with van der Waals surface area (Å²) >= 11 is 0. The number of nitrogens with zero attached hydrogens (tertiary/aromatic N) is 3. The maximum Gasteiger partial charge on any atom is 0.410 e. The fourth-order valence-electron chi connectivity index (χ4n) is 2.84. The molecule has 0 aliphatic carbocycles. The van der Waals surface area contributed by atoms with Crippen LogP contribution in [0.15, 0.2) is 27.8 Å². The highest BCUT2D eigenvalue weighted by atomic mass is 32.2. The van der Waals surface area contributed by atoms with Crippen LogP contribution in [0.4, 0.5) is 10.5 Å². The first-order valence-electron chi connectivity index (χ1n) is 8.57. The van der Waals surface area contributed by atoms with Gasteiger partial charge in [0.1, 0.15) is 21.9 Å². The third-order valence-corrected chi connectivity index (χ3v) is 5.58. The zero-order valence-corrected chi connectivity index (χ0v) is 16.2. The molecule has 9 nitrogen and oxygen atoms in total. The first-order valence-corrected chi connectivity index (χ1v) is 9.79. The van der Waals surface area contributed by atoms with Crippen LogP contribution in [0, 0.1) is 10.1 Å². The summed E-state index contributed by atoms with van der Waals surface area (Å²) in [5.74, 6) is 0. The van der Waals surface area contributed by atoms with Crippen LogP contribution in [0.25, 0.3) is 11.1 Å². The van der Waals surface area contributed by atoms with Crippen molar-refractivity contribution in [1.82, 2.24) is 9.88 Å². The zero-order valence-electron chi connectivity index (χ0n) is 15.3. The maximum absolute atomic E-state index is 12.9. The minimum atomic E-state index is -1.58. The summed E-state index contributed by atoms with van der Waals surface area (Å²) in [7, 11) is -1.58. The first kappa shape index (κ1) is 19.3. The Balaban J connectivity index is 1.76. The van der Waals surface area contributed by atoms with Crippen LogP contribution in [0.5, 0.6) is 0 Å². The summed E-state index contributed by atoms with van der Waals surface area (Å²) in [5.41, 5.74) is -0.0870. The second-order valence-corrected chi connectivity index (χ2v) is 8.99. The number of carbonyl (C=O) groups is 1. The molecule has 3 rings (SSSR count). The summed E-state index contributed by atoms with van der Waals surface area (Å²) in [6.07, 6.45) is 0.920. The number of oxazole rings is 1. The fraction of sp³-hybridized carbons (Fsp3) is 0.529. The third kappa shape index (κ3) is 4.44. The van der Waals surface area contributed by atoms with Gasteiger partial charge in [-0.15, -0.1) is 0 Å². The molecule has 1 aliphatic heterocycles. The van der Waals surface area contributed by atoms with E-state index in [1.165, 1.54) is 18.2 Å². The summed E-state index contributed by atoms with van der Waals surface area (Å²) in [4.78, 5) is 28.3. The van der Waals surface area contributed by atoms with Gasteiger partial charge in [0.25, 0.3) is 10.9 Å². The van der Waals surface area contributed by atoms with E-state index in [-0.39, 0.29) is 28.2 Å². The average molecular weight is 395 g/mol. The van der Waals surface area contributed by atoms with Gasteiger partial charge in [-0.05, 0) is 39.7 Å². The molecule has 1 aliphatic rings. The number of nitro groups is 1. The quantitative estimate of drug-likeness (QED) is 0.578. The van der Waals surface area contributed by atoms with Crippen LogP contribution in [-0.4, -0.2) is 49.0 Å². The van der Waals surface area contributed by atoms with Gasteiger partial charge in [-0.1, -0.05) is 0 Å². The lowest BCUT2D eigenvalue weighted by molar-refractivity contribution is -0.384. The van der Waals surface area contributed by atoms with Gasteiger partial charge >= 0.3 is 6.09 Å². The number of benzene rings is 1. The minimum absolute atomic E-state index is 0.0153. The van der Waals surface area contributed by atoms with E-state index in [0.717, 1.165) is 0 Å². The summed E-state index contributed by atoms with van der Waals surface area (Å²) in [5, 5.41) is 10.5. The highest BCUT2D eigenvalue weighted by Crippen LogP contribution is 2.26. The molecule has 10 heteroatoms. The number of non-ortho nitro benzene ring substituents is 1. The maximum atomic E-state index is 12.9. The van der Waals surface area contributed by atoms with Crippen molar-refractivity contribution in [3.8, 4) is 0 Å². The lowest BCUT2D eigenvalue weighted by Crippen LogP contribution is -2.45. The van der Waals surface area contributed by atoms with E-state index in [2.05, 4.69) is 4.98 Å². The van der Waals surface area contributed by atoms with Gasteiger partial charge in [-0.3, -0.25) is 10.1 Å². The smallest absolute Gasteiger partial charge is 0.410 e. The second-order valence-electron chi connectivity index (χ2n) is 7.38. The highest BCUT2D eigenvalue weighted by Gasteiger charge is 2.32. The molecule has 1 fully saturated rings. The standard InChI is InChI=1S/C17H21N3O6S/c1-17(2,3)26-16(21)19-8-4-5-12(10-19)27(24)15-18-13-9-11(20(22)23)6-7-14(13)25-15/h6-7,9,12H,4-5,8,10H2,1-3H3/t12-,27+/m0/s1. The fourth-order valence-corrected chi connectivity index (χ4v) is 4.18. The Labute approximate surface area is 158 Å². The van der Waals surface area contributed by atoms with Crippen molar-refractivity contribution in [1.29, 1.82) is 0 Å². The molecule has 2 aromatic rings. The van der Waals surface area contributed by atoms with Gasteiger partial charge in [0.15, 0.2) is 5.58 Å². The molecule has 1 aromatic heterocycles. The van der Waals surface area contributed by atoms with Crippen LogP contribution < -0.4 is 0 Å². The first-order chi connectivity index (χ1) is 12.6. The SMILES string of the molecule is CC(C)(C)OC(=O)N1CCC[C@H]([S@@](=O)c2nc3cc([N+](=O)[O-])ccc3o2)C1. The van der Waals surface area contributed by atoms with E-state index in [1.54, 1.807) is 25.7 Å². The highest BCUT2D eigenvalue weighted by molar-refractivity contribution is 7.85. The Hall–Kier alpha value is -2.49. The number of amides is 1. The Morgan fingerprint density at radius 3 is 2.85 bits per heavy atom. The number of carbonyl (C=O) groups excluding carboxylic acids is 1. The number of fused-ring (bicyclic) bond motifs is 1. The van der Waals surface area contributed by atoms with Crippen LogP contribution in [0.3, 0.4) is 0 Å². The largest absolute Gasteiger partial charge is 0.444 e. The van der Waals surface area contributed by atoms with Crippen LogP contribution >= 0.6 is 0 Å². The number of piperidine rings is 1. The molecule has 1 saturated heterocycles. The number of hydrogen-bond donors (Lipinski definition) is 0. The number of aromatic nitrogens is 1. The van der Waals surface area contributed by atoms with Crippen molar-refractivity contribution in [3.63, 3.8) is 0 Å². The lowest BCUT2D eigenvalue weighted by Gasteiger charge is -2.33. The molecule has 0 saturated carbocycles. The molecule has 27 heavy (non-hydrogen) atoms. The van der Waals surface area contributed by atoms with E-state index < -0.39 is 27.4 Å². The third-order valence-electron chi connectivity index (χ3n) is 4.07. The van der Waals surface area contributed by atoms with Crippen molar-refractivity contribution in [2.75, 3.05) is 13.1 Å². The summed E-state index contributed by atoms with van der Waals surface area (Å²) in [6.45, 7) is 6.20. The lowest BCUT2D eigenvalue weighted by atomic mass is 10.1. The molecule has 0 spiro atoms. The predicted molar refractivity (Wildman–Crippen MR) is 97.9 cm³/mol. The van der Waals surface area contributed by atoms with Gasteiger partial charge in [0, 0.05) is 25.2 Å². The predicted octanol–water partition coefficient (Wildman–Crippen LogP) is 3.24. The zero-order chi connectivity index (χ0) is 19.8. The van der Waals surface area contributed by atoms with Crippen molar-refractivity contribution < 1.29 is 23.1 Å². The number of ether oxygens (including phenoxy) is 1. The Bertz CT molecular complexity index is 904. The van der Waals surface area contributed by atoms with Gasteiger partial charge in [-0.2, -0.15) is 0 Å².